The minimum Gasteiger partial charge on any atom is -0.308 e. The number of para-hydroxylation sites is 6. The molecule has 12 rings (SSSR count). The third kappa shape index (κ3) is 4.73. The molecule has 3 nitrogen and oxygen atoms in total. The van der Waals surface area contributed by atoms with Gasteiger partial charge in [-0.25, -0.2) is 0 Å². The first kappa shape index (κ1) is 31.9. The van der Waals surface area contributed by atoms with Crippen molar-refractivity contribution < 1.29 is 0 Å². The summed E-state index contributed by atoms with van der Waals surface area (Å²) in [4.78, 5) is 0. The van der Waals surface area contributed by atoms with Gasteiger partial charge in [0.15, 0.2) is 0 Å². The number of aromatic nitrogens is 3. The van der Waals surface area contributed by atoms with E-state index < -0.39 is 0 Å². The van der Waals surface area contributed by atoms with E-state index in [-0.39, 0.29) is 0 Å². The molecule has 0 saturated carbocycles. The summed E-state index contributed by atoms with van der Waals surface area (Å²) in [6.45, 7) is 0. The van der Waals surface area contributed by atoms with Gasteiger partial charge in [-0.1, -0.05) is 158 Å². The molecule has 57 heavy (non-hydrogen) atoms. The fraction of sp³-hybridized carbons (Fsp3) is 0.0370. The minimum atomic E-state index is 1.04. The first-order valence-corrected chi connectivity index (χ1v) is 19.9. The van der Waals surface area contributed by atoms with Crippen LogP contribution in [0, 0.1) is 0 Å². The summed E-state index contributed by atoms with van der Waals surface area (Å²) in [5, 5.41) is 7.47. The molecule has 0 fully saturated rings. The van der Waals surface area contributed by atoms with Crippen LogP contribution in [0.15, 0.2) is 200 Å². The van der Waals surface area contributed by atoms with E-state index in [4.69, 9.17) is 0 Å². The molecule has 0 N–H and O–H groups in total. The molecule has 1 aliphatic rings. The second-order valence-electron chi connectivity index (χ2n) is 15.2. The Labute approximate surface area is 330 Å². The van der Waals surface area contributed by atoms with E-state index in [1.807, 2.05) is 0 Å². The first-order chi connectivity index (χ1) is 28.3. The largest absolute Gasteiger partial charge is 0.308 e. The highest BCUT2D eigenvalue weighted by molar-refractivity contribution is 6.16. The van der Waals surface area contributed by atoms with Crippen LogP contribution in [-0.4, -0.2) is 13.7 Å². The summed E-state index contributed by atoms with van der Waals surface area (Å²) in [6, 6.07) is 67.0. The van der Waals surface area contributed by atoms with Gasteiger partial charge in [0.05, 0.1) is 44.5 Å². The van der Waals surface area contributed by atoms with E-state index in [1.54, 1.807) is 0 Å². The van der Waals surface area contributed by atoms with Gasteiger partial charge in [0.2, 0.25) is 0 Å². The fourth-order valence-electron chi connectivity index (χ4n) is 9.65. The number of hydrogen-bond donors (Lipinski definition) is 0. The molecule has 1 aliphatic carbocycles. The van der Waals surface area contributed by atoms with Crippen LogP contribution in [-0.2, 0) is 0 Å². The Morgan fingerprint density at radius 2 is 0.912 bits per heavy atom. The normalized spacial score (nSPS) is 13.2. The second kappa shape index (κ2) is 12.6. The average Bonchev–Trinajstić information content (AvgIpc) is 3.92. The summed E-state index contributed by atoms with van der Waals surface area (Å²) in [5.41, 5.74) is 15.6. The van der Waals surface area contributed by atoms with Gasteiger partial charge in [0.1, 0.15) is 0 Å². The topological polar surface area (TPSA) is 14.8 Å². The van der Waals surface area contributed by atoms with E-state index in [0.717, 1.165) is 24.2 Å². The highest BCUT2D eigenvalue weighted by Gasteiger charge is 2.23. The van der Waals surface area contributed by atoms with Crippen LogP contribution < -0.4 is 0 Å². The van der Waals surface area contributed by atoms with E-state index in [0.29, 0.717) is 0 Å². The lowest BCUT2D eigenvalue weighted by Crippen LogP contribution is -2.04. The third-order valence-corrected chi connectivity index (χ3v) is 12.1. The predicted octanol–water partition coefficient (Wildman–Crippen LogP) is 14.4. The van der Waals surface area contributed by atoms with Gasteiger partial charge >= 0.3 is 0 Å². The summed E-state index contributed by atoms with van der Waals surface area (Å²) < 4.78 is 7.50. The van der Waals surface area contributed by atoms with E-state index in [1.165, 1.54) is 93.4 Å². The van der Waals surface area contributed by atoms with E-state index in [9.17, 15) is 0 Å². The Bertz CT molecular complexity index is 3400. The lowest BCUT2D eigenvalue weighted by atomic mass is 9.93. The Morgan fingerprint density at radius 1 is 0.368 bits per heavy atom. The van der Waals surface area contributed by atoms with Crippen LogP contribution in [0.2, 0.25) is 0 Å². The Morgan fingerprint density at radius 3 is 1.58 bits per heavy atom. The molecule has 0 unspecified atom stereocenters. The van der Waals surface area contributed by atoms with Crippen LogP contribution >= 0.6 is 0 Å². The van der Waals surface area contributed by atoms with Crippen molar-refractivity contribution in [3.63, 3.8) is 0 Å². The van der Waals surface area contributed by atoms with Gasteiger partial charge in [0.25, 0.3) is 0 Å². The number of fused-ring (bicyclic) bond motifs is 9. The van der Waals surface area contributed by atoms with E-state index in [2.05, 4.69) is 214 Å². The second-order valence-corrected chi connectivity index (χ2v) is 15.2. The summed E-state index contributed by atoms with van der Waals surface area (Å²) in [7, 11) is 0. The number of rotatable bonds is 5. The first-order valence-electron chi connectivity index (χ1n) is 19.9. The Balaban J connectivity index is 1.21. The molecule has 8 aromatic carbocycles. The van der Waals surface area contributed by atoms with Crippen molar-refractivity contribution in [2.24, 2.45) is 0 Å². The van der Waals surface area contributed by atoms with Crippen LogP contribution in [0.5, 0.6) is 0 Å². The maximum Gasteiger partial charge on any atom is 0.0782 e. The Hall–Kier alpha value is -7.36. The summed E-state index contributed by atoms with van der Waals surface area (Å²) >= 11 is 0. The number of hydrogen-bond acceptors (Lipinski definition) is 0. The molecule has 0 aliphatic heterocycles. The van der Waals surface area contributed by atoms with Crippen molar-refractivity contribution in [3.8, 4) is 28.2 Å². The van der Waals surface area contributed by atoms with Crippen molar-refractivity contribution in [3.05, 3.63) is 206 Å². The third-order valence-electron chi connectivity index (χ3n) is 12.1. The average molecular weight is 728 g/mol. The molecule has 268 valence electrons. The smallest absolute Gasteiger partial charge is 0.0782 e. The molecule has 0 atom stereocenters. The standard InChI is InChI=1S/C54H37N3/c1-3-17-36(18-4-1)39-25-15-26-40(37-19-5-2-6-20-37)53(39)57-50-31-14-9-23-43(50)45-34-33-38(35-52(45)57)55-47-28-11-10-24-44(47)46-27-16-32-51(54(46)55)56-48-29-12-7-21-41(48)42-22-8-13-30-49(42)56/h1,3-5,7-35H,2,6H2. The zero-order chi connectivity index (χ0) is 37.5. The molecule has 0 amide bonds. The molecule has 3 aromatic heterocycles. The van der Waals surface area contributed by atoms with Gasteiger partial charge in [-0.15, -0.1) is 0 Å². The van der Waals surface area contributed by atoms with Gasteiger partial charge in [-0.3, -0.25) is 0 Å². The van der Waals surface area contributed by atoms with Crippen molar-refractivity contribution >= 4 is 71.0 Å². The molecule has 0 spiro atoms. The zero-order valence-corrected chi connectivity index (χ0v) is 31.3. The highest BCUT2D eigenvalue weighted by Crippen LogP contribution is 2.43. The van der Waals surface area contributed by atoms with Gasteiger partial charge in [0, 0.05) is 49.1 Å². The number of nitrogens with zero attached hydrogens (tertiary/aromatic N) is 3. The van der Waals surface area contributed by atoms with E-state index >= 15 is 0 Å². The van der Waals surface area contributed by atoms with Crippen molar-refractivity contribution in [1.82, 2.24) is 13.7 Å². The van der Waals surface area contributed by atoms with Crippen molar-refractivity contribution in [2.75, 3.05) is 0 Å². The van der Waals surface area contributed by atoms with Crippen molar-refractivity contribution in [1.29, 1.82) is 0 Å². The van der Waals surface area contributed by atoms with Gasteiger partial charge in [-0.05, 0) is 66.4 Å². The molecular weight excluding hydrogens is 691 g/mol. The maximum absolute atomic E-state index is 2.54. The van der Waals surface area contributed by atoms with Crippen LogP contribution in [0.25, 0.3) is 99.2 Å². The minimum absolute atomic E-state index is 1.04. The Kier molecular flexibility index (Phi) is 7.05. The molecule has 3 heteroatoms. The van der Waals surface area contributed by atoms with Gasteiger partial charge < -0.3 is 13.7 Å². The highest BCUT2D eigenvalue weighted by atomic mass is 15.1. The zero-order valence-electron chi connectivity index (χ0n) is 31.3. The molecule has 0 bridgehead atoms. The monoisotopic (exact) mass is 727 g/mol. The van der Waals surface area contributed by atoms with Crippen LogP contribution in [0.4, 0.5) is 0 Å². The fourth-order valence-corrected chi connectivity index (χ4v) is 9.65. The van der Waals surface area contributed by atoms with Crippen LogP contribution in [0.1, 0.15) is 18.4 Å². The molecule has 11 aromatic rings. The number of allylic oxidation sites excluding steroid dienone is 4. The lowest BCUT2D eigenvalue weighted by Gasteiger charge is -2.21. The molecule has 0 saturated heterocycles. The molecule has 0 radical (unpaired) electrons. The summed E-state index contributed by atoms with van der Waals surface area (Å²) in [5.74, 6) is 0. The maximum atomic E-state index is 2.54. The SMILES string of the molecule is C1=CC(c2cccc(-c3ccccc3)c2-n2c3ccccc3c3ccc(-n4c5ccccc5c5cccc(-n6c7ccccc7c7ccccc76)c54)cc32)=CCC1. The lowest BCUT2D eigenvalue weighted by molar-refractivity contribution is 1.04. The quantitative estimate of drug-likeness (QED) is 0.168. The summed E-state index contributed by atoms with van der Waals surface area (Å²) in [6.07, 6.45) is 9.15. The van der Waals surface area contributed by atoms with Crippen molar-refractivity contribution in [2.45, 2.75) is 12.8 Å². The van der Waals surface area contributed by atoms with Crippen LogP contribution in [0.3, 0.4) is 0 Å². The number of benzene rings is 8. The molecule has 3 heterocycles. The van der Waals surface area contributed by atoms with Gasteiger partial charge in [-0.2, -0.15) is 0 Å². The predicted molar refractivity (Wildman–Crippen MR) is 241 cm³/mol. The molecular formula is C54H37N3.